The number of carbonyl (C=O) groups is 2. The van der Waals surface area contributed by atoms with Gasteiger partial charge < -0.3 is 10.0 Å². The van der Waals surface area contributed by atoms with Gasteiger partial charge in [0.1, 0.15) is 6.04 Å². The van der Waals surface area contributed by atoms with Crippen molar-refractivity contribution in [2.24, 2.45) is 5.92 Å². The third-order valence-corrected chi connectivity index (χ3v) is 4.92. The fraction of sp³-hybridized carbons (Fsp3) is 0.263. The number of likely N-dealkylation sites (tertiary alicyclic amines) is 1. The van der Waals surface area contributed by atoms with Crippen LogP contribution in [0.2, 0.25) is 0 Å². The summed E-state index contributed by atoms with van der Waals surface area (Å²) in [6.07, 6.45) is 0.929. The van der Waals surface area contributed by atoms with Gasteiger partial charge >= 0.3 is 5.97 Å². The van der Waals surface area contributed by atoms with Crippen LogP contribution in [0.4, 0.5) is 0 Å². The van der Waals surface area contributed by atoms with Crippen molar-refractivity contribution < 1.29 is 14.7 Å². The predicted molar refractivity (Wildman–Crippen MR) is 94.4 cm³/mol. The molecule has 0 aliphatic carbocycles. The SMILES string of the molecule is O=C(O)[C@@H]1C[C@@H](Cc2ccc(Br)cc2)C(=O)N1Cc1ccccc1. The van der Waals surface area contributed by atoms with E-state index in [0.29, 0.717) is 19.4 Å². The van der Waals surface area contributed by atoms with E-state index in [1.54, 1.807) is 0 Å². The highest BCUT2D eigenvalue weighted by atomic mass is 79.9. The normalized spacial score (nSPS) is 20.4. The van der Waals surface area contributed by atoms with Crippen molar-refractivity contribution in [1.29, 1.82) is 0 Å². The molecule has 124 valence electrons. The molecule has 1 fully saturated rings. The standard InChI is InChI=1S/C19H18BrNO3/c20-16-8-6-13(7-9-16)10-15-11-17(19(23)24)21(18(15)22)12-14-4-2-1-3-5-14/h1-9,15,17H,10-12H2,(H,23,24)/t15-,17+/m1/s1. The molecule has 5 heteroatoms. The minimum Gasteiger partial charge on any atom is -0.480 e. The van der Waals surface area contributed by atoms with Crippen molar-refractivity contribution in [3.05, 3.63) is 70.2 Å². The molecule has 0 unspecified atom stereocenters. The molecule has 1 heterocycles. The summed E-state index contributed by atoms with van der Waals surface area (Å²) >= 11 is 3.39. The Labute approximate surface area is 149 Å². The summed E-state index contributed by atoms with van der Waals surface area (Å²) in [4.78, 5) is 25.8. The summed E-state index contributed by atoms with van der Waals surface area (Å²) in [5.74, 6) is -1.29. The van der Waals surface area contributed by atoms with Gasteiger partial charge in [-0.15, -0.1) is 0 Å². The molecule has 0 aromatic heterocycles. The first-order valence-electron chi connectivity index (χ1n) is 7.86. The number of carbonyl (C=O) groups excluding carboxylic acids is 1. The van der Waals surface area contributed by atoms with E-state index >= 15 is 0 Å². The first-order chi connectivity index (χ1) is 11.5. The lowest BCUT2D eigenvalue weighted by Crippen LogP contribution is -2.38. The second-order valence-electron chi connectivity index (χ2n) is 6.07. The molecule has 4 nitrogen and oxygen atoms in total. The molecule has 0 bridgehead atoms. The molecule has 1 aliphatic rings. The predicted octanol–water partition coefficient (Wildman–Crippen LogP) is 3.49. The van der Waals surface area contributed by atoms with Crippen LogP contribution in [0.3, 0.4) is 0 Å². The van der Waals surface area contributed by atoms with Gasteiger partial charge in [-0.3, -0.25) is 4.79 Å². The molecular formula is C19H18BrNO3. The minimum absolute atomic E-state index is 0.0748. The lowest BCUT2D eigenvalue weighted by atomic mass is 9.96. The molecule has 2 aromatic rings. The number of carboxylic acids is 1. The first-order valence-corrected chi connectivity index (χ1v) is 8.65. The summed E-state index contributed by atoms with van der Waals surface area (Å²) in [5, 5.41) is 9.50. The van der Waals surface area contributed by atoms with Crippen LogP contribution in [0.25, 0.3) is 0 Å². The summed E-state index contributed by atoms with van der Waals surface area (Å²) in [7, 11) is 0. The Morgan fingerprint density at radius 2 is 1.75 bits per heavy atom. The molecule has 0 radical (unpaired) electrons. The Hall–Kier alpha value is -2.14. The Bertz CT molecular complexity index is 730. The Morgan fingerprint density at radius 3 is 2.38 bits per heavy atom. The van der Waals surface area contributed by atoms with E-state index in [0.717, 1.165) is 15.6 Å². The summed E-state index contributed by atoms with van der Waals surface area (Å²) in [6, 6.07) is 16.6. The third-order valence-electron chi connectivity index (χ3n) is 4.39. The number of hydrogen-bond donors (Lipinski definition) is 1. The fourth-order valence-electron chi connectivity index (χ4n) is 3.16. The topological polar surface area (TPSA) is 57.6 Å². The number of carboxylic acid groups (broad SMARTS) is 1. The maximum atomic E-state index is 12.7. The van der Waals surface area contributed by atoms with Gasteiger partial charge in [0.2, 0.25) is 5.91 Å². The summed E-state index contributed by atoms with van der Waals surface area (Å²) in [6.45, 7) is 0.341. The van der Waals surface area contributed by atoms with Gasteiger partial charge in [0.15, 0.2) is 0 Å². The highest BCUT2D eigenvalue weighted by Gasteiger charge is 2.42. The fourth-order valence-corrected chi connectivity index (χ4v) is 3.43. The minimum atomic E-state index is -0.933. The second kappa shape index (κ2) is 7.18. The largest absolute Gasteiger partial charge is 0.480 e. The summed E-state index contributed by atoms with van der Waals surface area (Å²) in [5.41, 5.74) is 1.99. The molecule has 3 rings (SSSR count). The van der Waals surface area contributed by atoms with E-state index in [1.807, 2.05) is 54.6 Å². The Balaban J connectivity index is 1.77. The number of benzene rings is 2. The van der Waals surface area contributed by atoms with Crippen LogP contribution in [0.15, 0.2) is 59.1 Å². The zero-order chi connectivity index (χ0) is 17.1. The van der Waals surface area contributed by atoms with Gasteiger partial charge in [0.05, 0.1) is 0 Å². The number of amides is 1. The summed E-state index contributed by atoms with van der Waals surface area (Å²) < 4.78 is 0.984. The maximum Gasteiger partial charge on any atom is 0.326 e. The smallest absolute Gasteiger partial charge is 0.326 e. The molecule has 1 N–H and O–H groups in total. The van der Waals surface area contributed by atoms with Gasteiger partial charge in [-0.2, -0.15) is 0 Å². The molecule has 2 atom stereocenters. The lowest BCUT2D eigenvalue weighted by molar-refractivity contribution is -0.146. The number of halogens is 1. The Morgan fingerprint density at radius 1 is 1.08 bits per heavy atom. The van der Waals surface area contributed by atoms with E-state index in [9.17, 15) is 14.7 Å². The van der Waals surface area contributed by atoms with Crippen molar-refractivity contribution >= 4 is 27.8 Å². The monoisotopic (exact) mass is 387 g/mol. The molecular weight excluding hydrogens is 370 g/mol. The number of hydrogen-bond acceptors (Lipinski definition) is 2. The van der Waals surface area contributed by atoms with E-state index in [-0.39, 0.29) is 11.8 Å². The third kappa shape index (κ3) is 3.67. The zero-order valence-corrected chi connectivity index (χ0v) is 14.6. The van der Waals surface area contributed by atoms with Crippen molar-refractivity contribution in [2.75, 3.05) is 0 Å². The average Bonchev–Trinajstić information content (AvgIpc) is 2.88. The van der Waals surface area contributed by atoms with Crippen molar-refractivity contribution in [2.45, 2.75) is 25.4 Å². The highest BCUT2D eigenvalue weighted by Crippen LogP contribution is 2.30. The molecule has 2 aromatic carbocycles. The van der Waals surface area contributed by atoms with Crippen molar-refractivity contribution in [3.63, 3.8) is 0 Å². The van der Waals surface area contributed by atoms with Gasteiger partial charge in [-0.1, -0.05) is 58.4 Å². The van der Waals surface area contributed by atoms with Gasteiger partial charge in [-0.05, 0) is 36.1 Å². The first kappa shape index (κ1) is 16.7. The molecule has 24 heavy (non-hydrogen) atoms. The van der Waals surface area contributed by atoms with E-state index in [4.69, 9.17) is 0 Å². The van der Waals surface area contributed by atoms with Crippen LogP contribution in [0, 0.1) is 5.92 Å². The molecule has 1 aliphatic heterocycles. The van der Waals surface area contributed by atoms with E-state index < -0.39 is 12.0 Å². The van der Waals surface area contributed by atoms with Gasteiger partial charge in [0, 0.05) is 16.9 Å². The second-order valence-corrected chi connectivity index (χ2v) is 6.98. The molecule has 0 saturated carbocycles. The Kier molecular flexibility index (Phi) is 5.00. The number of nitrogens with zero attached hydrogens (tertiary/aromatic N) is 1. The van der Waals surface area contributed by atoms with Crippen LogP contribution in [-0.2, 0) is 22.6 Å². The van der Waals surface area contributed by atoms with E-state index in [1.165, 1.54) is 4.90 Å². The van der Waals surface area contributed by atoms with Crippen LogP contribution < -0.4 is 0 Å². The van der Waals surface area contributed by atoms with Crippen LogP contribution in [-0.4, -0.2) is 27.9 Å². The van der Waals surface area contributed by atoms with Crippen LogP contribution >= 0.6 is 15.9 Å². The highest BCUT2D eigenvalue weighted by molar-refractivity contribution is 9.10. The average molecular weight is 388 g/mol. The number of rotatable bonds is 5. The molecule has 1 amide bonds. The van der Waals surface area contributed by atoms with Crippen LogP contribution in [0.1, 0.15) is 17.5 Å². The van der Waals surface area contributed by atoms with Crippen molar-refractivity contribution in [1.82, 2.24) is 4.90 Å². The zero-order valence-electron chi connectivity index (χ0n) is 13.1. The molecule has 1 saturated heterocycles. The van der Waals surface area contributed by atoms with Gasteiger partial charge in [0.25, 0.3) is 0 Å². The maximum absolute atomic E-state index is 12.7. The van der Waals surface area contributed by atoms with Gasteiger partial charge in [-0.25, -0.2) is 4.79 Å². The van der Waals surface area contributed by atoms with Crippen molar-refractivity contribution in [3.8, 4) is 0 Å². The molecule has 0 spiro atoms. The lowest BCUT2D eigenvalue weighted by Gasteiger charge is -2.21. The van der Waals surface area contributed by atoms with E-state index in [2.05, 4.69) is 15.9 Å². The van der Waals surface area contributed by atoms with Crippen LogP contribution in [0.5, 0.6) is 0 Å². The quantitative estimate of drug-likeness (QED) is 0.853. The number of aliphatic carboxylic acids is 1.